The van der Waals surface area contributed by atoms with Crippen LogP contribution in [0.3, 0.4) is 0 Å². The van der Waals surface area contributed by atoms with Gasteiger partial charge in [-0.15, -0.1) is 0 Å². The quantitative estimate of drug-likeness (QED) is 0.404. The van der Waals surface area contributed by atoms with E-state index >= 15 is 0 Å². The Morgan fingerprint density at radius 3 is 2.56 bits per heavy atom. The number of hydrogen-bond acceptors (Lipinski definition) is 0. The average molecular weight is 128 g/mol. The molecule has 0 aliphatic carbocycles. The second kappa shape index (κ2) is 5.54. The molecule has 0 spiro atoms. The van der Waals surface area contributed by atoms with Gasteiger partial charge in [-0.05, 0) is 26.7 Å². The number of allylic oxidation sites excluding steroid dienone is 4. The van der Waals surface area contributed by atoms with E-state index in [2.05, 4.69) is 0 Å². The molecule has 0 heterocycles. The average Bonchev–Trinajstić information content (AvgIpc) is 1.80. The Labute approximate surface area is 56.1 Å². The molecular weight excluding hydrogens is 115 g/mol. The molecule has 0 aromatic carbocycles. The van der Waals surface area contributed by atoms with Gasteiger partial charge in [0.05, 0.1) is 5.83 Å². The van der Waals surface area contributed by atoms with Crippen molar-refractivity contribution in [1.82, 2.24) is 0 Å². The summed E-state index contributed by atoms with van der Waals surface area (Å²) in [5.74, 6) is -0.0838. The number of unbranched alkanes of at least 4 members (excludes halogenated alkanes) is 1. The molecule has 0 aliphatic heterocycles. The van der Waals surface area contributed by atoms with Gasteiger partial charge in [-0.2, -0.15) is 0 Å². The monoisotopic (exact) mass is 128 g/mol. The molecule has 0 fully saturated rings. The zero-order valence-corrected chi connectivity index (χ0v) is 6.02. The summed E-state index contributed by atoms with van der Waals surface area (Å²) in [6, 6.07) is 0. The van der Waals surface area contributed by atoms with E-state index in [1.54, 1.807) is 6.08 Å². The van der Waals surface area contributed by atoms with E-state index in [0.717, 1.165) is 12.8 Å². The van der Waals surface area contributed by atoms with Gasteiger partial charge in [0, 0.05) is 0 Å². The fourth-order valence-electron chi connectivity index (χ4n) is 0.545. The summed E-state index contributed by atoms with van der Waals surface area (Å²) < 4.78 is 12.0. The molecule has 0 nitrogen and oxygen atoms in total. The molecule has 0 atom stereocenters. The first-order valence-corrected chi connectivity index (χ1v) is 3.20. The summed E-state index contributed by atoms with van der Waals surface area (Å²) >= 11 is 0. The Hall–Kier alpha value is -0.590. The summed E-state index contributed by atoms with van der Waals surface area (Å²) in [5.41, 5.74) is 0. The van der Waals surface area contributed by atoms with E-state index in [1.807, 2.05) is 19.1 Å². The van der Waals surface area contributed by atoms with Crippen molar-refractivity contribution in [2.75, 3.05) is 0 Å². The molecule has 0 bridgehead atoms. The van der Waals surface area contributed by atoms with Crippen LogP contribution in [-0.2, 0) is 0 Å². The third kappa shape index (κ3) is 7.41. The summed E-state index contributed by atoms with van der Waals surface area (Å²) in [6.45, 7) is 3.43. The van der Waals surface area contributed by atoms with Crippen LogP contribution in [-0.4, -0.2) is 0 Å². The maximum absolute atomic E-state index is 12.0. The predicted octanol–water partition coefficient (Wildman–Crippen LogP) is 3.22. The van der Waals surface area contributed by atoms with Gasteiger partial charge in [0.25, 0.3) is 0 Å². The maximum atomic E-state index is 12.0. The SMILES string of the molecule is C/C=C/CC/C=C(/C)F. The molecule has 0 rings (SSSR count). The van der Waals surface area contributed by atoms with Crippen LogP contribution in [0.4, 0.5) is 4.39 Å². The molecule has 0 aromatic heterocycles. The Kier molecular flexibility index (Phi) is 5.18. The van der Waals surface area contributed by atoms with E-state index in [9.17, 15) is 4.39 Å². The van der Waals surface area contributed by atoms with Crippen LogP contribution >= 0.6 is 0 Å². The van der Waals surface area contributed by atoms with E-state index < -0.39 is 0 Å². The van der Waals surface area contributed by atoms with Gasteiger partial charge in [-0.25, -0.2) is 4.39 Å². The fourth-order valence-corrected chi connectivity index (χ4v) is 0.545. The molecule has 1 heteroatoms. The van der Waals surface area contributed by atoms with Crippen molar-refractivity contribution >= 4 is 0 Å². The molecule has 0 saturated heterocycles. The van der Waals surface area contributed by atoms with Crippen LogP contribution in [0.15, 0.2) is 24.1 Å². The second-order valence-electron chi connectivity index (χ2n) is 1.94. The topological polar surface area (TPSA) is 0 Å². The number of rotatable bonds is 3. The van der Waals surface area contributed by atoms with Crippen LogP contribution in [0.2, 0.25) is 0 Å². The van der Waals surface area contributed by atoms with Crippen molar-refractivity contribution in [2.24, 2.45) is 0 Å². The molecule has 0 aliphatic rings. The van der Waals surface area contributed by atoms with E-state index in [1.165, 1.54) is 6.92 Å². The van der Waals surface area contributed by atoms with Gasteiger partial charge in [0.2, 0.25) is 0 Å². The number of halogens is 1. The lowest BCUT2D eigenvalue weighted by atomic mass is 10.3. The highest BCUT2D eigenvalue weighted by Gasteiger charge is 1.79. The Morgan fingerprint density at radius 2 is 2.11 bits per heavy atom. The van der Waals surface area contributed by atoms with Gasteiger partial charge in [0.1, 0.15) is 0 Å². The van der Waals surface area contributed by atoms with Gasteiger partial charge in [-0.1, -0.05) is 18.2 Å². The first-order chi connectivity index (χ1) is 4.27. The van der Waals surface area contributed by atoms with Gasteiger partial charge >= 0.3 is 0 Å². The zero-order valence-electron chi connectivity index (χ0n) is 6.02. The van der Waals surface area contributed by atoms with Crippen molar-refractivity contribution in [3.63, 3.8) is 0 Å². The highest BCUT2D eigenvalue weighted by Crippen LogP contribution is 1.99. The fraction of sp³-hybridized carbons (Fsp3) is 0.500. The minimum Gasteiger partial charge on any atom is -0.212 e. The van der Waals surface area contributed by atoms with Crippen molar-refractivity contribution in [3.05, 3.63) is 24.1 Å². The summed E-state index contributed by atoms with van der Waals surface area (Å²) in [5, 5.41) is 0. The standard InChI is InChI=1S/C8H13F/c1-3-4-5-6-7-8(2)9/h3-4,7H,5-6H2,1-2H3/b4-3+,8-7-. The van der Waals surface area contributed by atoms with Crippen LogP contribution in [0.1, 0.15) is 26.7 Å². The predicted molar refractivity (Wildman–Crippen MR) is 38.9 cm³/mol. The summed E-state index contributed by atoms with van der Waals surface area (Å²) in [7, 11) is 0. The normalized spacial score (nSPS) is 13.0. The third-order valence-electron chi connectivity index (χ3n) is 0.995. The Morgan fingerprint density at radius 1 is 1.44 bits per heavy atom. The van der Waals surface area contributed by atoms with Crippen LogP contribution in [0.25, 0.3) is 0 Å². The third-order valence-corrected chi connectivity index (χ3v) is 0.995. The number of hydrogen-bond donors (Lipinski definition) is 0. The highest BCUT2D eigenvalue weighted by molar-refractivity contribution is 4.89. The van der Waals surface area contributed by atoms with Gasteiger partial charge < -0.3 is 0 Å². The Balaban J connectivity index is 3.20. The molecule has 52 valence electrons. The smallest absolute Gasteiger partial charge is 0.0929 e. The highest BCUT2D eigenvalue weighted by atomic mass is 19.1. The lowest BCUT2D eigenvalue weighted by Gasteiger charge is -1.84. The lowest BCUT2D eigenvalue weighted by Crippen LogP contribution is -1.65. The molecule has 9 heavy (non-hydrogen) atoms. The lowest BCUT2D eigenvalue weighted by molar-refractivity contribution is 0.633. The van der Waals surface area contributed by atoms with Gasteiger partial charge in [0.15, 0.2) is 0 Å². The zero-order chi connectivity index (χ0) is 7.11. The molecule has 0 N–H and O–H groups in total. The molecule has 0 aromatic rings. The molecule has 0 unspecified atom stereocenters. The van der Waals surface area contributed by atoms with E-state index in [-0.39, 0.29) is 5.83 Å². The Bertz CT molecular complexity index is 108. The minimum absolute atomic E-state index is 0.0838. The first-order valence-electron chi connectivity index (χ1n) is 3.20. The first kappa shape index (κ1) is 8.41. The van der Waals surface area contributed by atoms with Crippen molar-refractivity contribution in [1.29, 1.82) is 0 Å². The minimum atomic E-state index is -0.0838. The summed E-state index contributed by atoms with van der Waals surface area (Å²) in [4.78, 5) is 0. The molecule has 0 saturated carbocycles. The molecular formula is C8H13F. The molecule has 0 amide bonds. The van der Waals surface area contributed by atoms with Crippen molar-refractivity contribution in [2.45, 2.75) is 26.7 Å². The summed E-state index contributed by atoms with van der Waals surface area (Å²) in [6.07, 6.45) is 7.35. The van der Waals surface area contributed by atoms with E-state index in [0.29, 0.717) is 0 Å². The second-order valence-corrected chi connectivity index (χ2v) is 1.94. The van der Waals surface area contributed by atoms with Crippen molar-refractivity contribution in [3.8, 4) is 0 Å². The largest absolute Gasteiger partial charge is 0.212 e. The maximum Gasteiger partial charge on any atom is 0.0929 e. The van der Waals surface area contributed by atoms with Crippen LogP contribution in [0, 0.1) is 0 Å². The van der Waals surface area contributed by atoms with Crippen LogP contribution in [0.5, 0.6) is 0 Å². The molecule has 0 radical (unpaired) electrons. The van der Waals surface area contributed by atoms with E-state index in [4.69, 9.17) is 0 Å². The van der Waals surface area contributed by atoms with Crippen LogP contribution < -0.4 is 0 Å². The van der Waals surface area contributed by atoms with Crippen molar-refractivity contribution < 1.29 is 4.39 Å². The van der Waals surface area contributed by atoms with Gasteiger partial charge in [-0.3, -0.25) is 0 Å².